The van der Waals surface area contributed by atoms with Gasteiger partial charge in [-0.05, 0) is 33.1 Å². The molecule has 0 unspecified atom stereocenters. The number of guanidine groups is 1. The van der Waals surface area contributed by atoms with E-state index in [4.69, 9.17) is 4.74 Å². The minimum atomic E-state index is 0. The van der Waals surface area contributed by atoms with Gasteiger partial charge in [0.15, 0.2) is 5.96 Å². The molecular formula is C13H28IN3O2. The van der Waals surface area contributed by atoms with Gasteiger partial charge < -0.3 is 20.5 Å². The molecule has 1 rings (SSSR count). The topological polar surface area (TPSA) is 65.9 Å². The number of nitrogens with zero attached hydrogens (tertiary/aromatic N) is 1. The molecule has 0 spiro atoms. The summed E-state index contributed by atoms with van der Waals surface area (Å²) in [6.07, 6.45) is 3.16. The fraction of sp³-hybridized carbons (Fsp3) is 0.923. The smallest absolute Gasteiger partial charge is 0.191 e. The molecule has 1 fully saturated rings. The molecule has 0 radical (unpaired) electrons. The average Bonchev–Trinajstić information content (AvgIpc) is 3.16. The lowest BCUT2D eigenvalue weighted by atomic mass is 10.1. The third-order valence-corrected chi connectivity index (χ3v) is 3.17. The summed E-state index contributed by atoms with van der Waals surface area (Å²) in [5.41, 5.74) is 0.0771. The quantitative estimate of drug-likeness (QED) is 0.243. The van der Waals surface area contributed by atoms with Crippen LogP contribution >= 0.6 is 24.0 Å². The second-order valence-electron chi connectivity index (χ2n) is 4.83. The number of halogens is 1. The Bertz CT molecular complexity index is 258. The van der Waals surface area contributed by atoms with E-state index in [2.05, 4.69) is 22.5 Å². The summed E-state index contributed by atoms with van der Waals surface area (Å²) in [6, 6.07) is 0. The summed E-state index contributed by atoms with van der Waals surface area (Å²) in [4.78, 5) is 4.53. The van der Waals surface area contributed by atoms with Gasteiger partial charge in [-0.2, -0.15) is 0 Å². The van der Waals surface area contributed by atoms with E-state index in [0.29, 0.717) is 6.54 Å². The summed E-state index contributed by atoms with van der Waals surface area (Å²) in [6.45, 7) is 8.28. The molecule has 0 bridgehead atoms. The van der Waals surface area contributed by atoms with Gasteiger partial charge in [0.05, 0.1) is 13.2 Å². The van der Waals surface area contributed by atoms with Crippen molar-refractivity contribution in [3.05, 3.63) is 0 Å². The van der Waals surface area contributed by atoms with Crippen molar-refractivity contribution in [2.75, 3.05) is 39.5 Å². The highest BCUT2D eigenvalue weighted by molar-refractivity contribution is 14.0. The van der Waals surface area contributed by atoms with E-state index < -0.39 is 0 Å². The van der Waals surface area contributed by atoms with Crippen LogP contribution in [0.2, 0.25) is 0 Å². The van der Waals surface area contributed by atoms with E-state index in [1.807, 2.05) is 6.92 Å². The maximum atomic E-state index is 9.25. The first kappa shape index (κ1) is 18.9. The summed E-state index contributed by atoms with van der Waals surface area (Å²) < 4.78 is 5.28. The lowest BCUT2D eigenvalue weighted by Gasteiger charge is -2.13. The van der Waals surface area contributed by atoms with Crippen LogP contribution in [0.25, 0.3) is 0 Å². The third kappa shape index (κ3) is 7.94. The molecule has 0 aliphatic heterocycles. The van der Waals surface area contributed by atoms with Gasteiger partial charge in [0.25, 0.3) is 0 Å². The van der Waals surface area contributed by atoms with Gasteiger partial charge in [0.1, 0.15) is 0 Å². The van der Waals surface area contributed by atoms with Crippen molar-refractivity contribution in [3.8, 4) is 0 Å². The fourth-order valence-corrected chi connectivity index (χ4v) is 1.66. The van der Waals surface area contributed by atoms with E-state index in [1.54, 1.807) is 0 Å². The zero-order valence-electron chi connectivity index (χ0n) is 12.1. The Morgan fingerprint density at radius 2 is 2.05 bits per heavy atom. The molecule has 0 aromatic rings. The van der Waals surface area contributed by atoms with Crippen LogP contribution in [-0.2, 0) is 4.74 Å². The number of ether oxygens (including phenoxy) is 1. The summed E-state index contributed by atoms with van der Waals surface area (Å²) in [5.74, 6) is 0.841. The predicted octanol–water partition coefficient (Wildman–Crippen LogP) is 1.36. The monoisotopic (exact) mass is 385 g/mol. The van der Waals surface area contributed by atoms with Crippen molar-refractivity contribution in [2.24, 2.45) is 10.4 Å². The van der Waals surface area contributed by atoms with Crippen LogP contribution in [0.15, 0.2) is 4.99 Å². The summed E-state index contributed by atoms with van der Waals surface area (Å²) in [5, 5.41) is 15.7. The highest BCUT2D eigenvalue weighted by Crippen LogP contribution is 2.45. The fourth-order valence-electron chi connectivity index (χ4n) is 1.66. The molecule has 1 aliphatic carbocycles. The molecule has 1 saturated carbocycles. The van der Waals surface area contributed by atoms with Crippen molar-refractivity contribution < 1.29 is 9.84 Å². The lowest BCUT2D eigenvalue weighted by Crippen LogP contribution is -2.38. The van der Waals surface area contributed by atoms with Crippen molar-refractivity contribution >= 4 is 29.9 Å². The SMILES string of the molecule is CCNC(=NCC1(CO)CC1)NCCCOCC.I. The second-order valence-corrected chi connectivity index (χ2v) is 4.83. The van der Waals surface area contributed by atoms with Crippen LogP contribution in [0.4, 0.5) is 0 Å². The average molecular weight is 385 g/mol. The zero-order chi connectivity index (χ0) is 13.3. The molecule has 19 heavy (non-hydrogen) atoms. The van der Waals surface area contributed by atoms with Crippen molar-refractivity contribution in [1.82, 2.24) is 10.6 Å². The Morgan fingerprint density at radius 3 is 2.58 bits per heavy atom. The zero-order valence-corrected chi connectivity index (χ0v) is 14.4. The molecule has 6 heteroatoms. The van der Waals surface area contributed by atoms with E-state index >= 15 is 0 Å². The van der Waals surface area contributed by atoms with E-state index in [9.17, 15) is 5.11 Å². The highest BCUT2D eigenvalue weighted by Gasteiger charge is 2.41. The minimum Gasteiger partial charge on any atom is -0.396 e. The number of aliphatic hydroxyl groups is 1. The summed E-state index contributed by atoms with van der Waals surface area (Å²) in [7, 11) is 0. The highest BCUT2D eigenvalue weighted by atomic mass is 127. The molecule has 114 valence electrons. The van der Waals surface area contributed by atoms with Gasteiger partial charge in [0, 0.05) is 31.7 Å². The standard InChI is InChI=1S/C13H27N3O2.HI/c1-3-14-12(15-8-5-9-18-4-2)16-10-13(11-17)6-7-13;/h17H,3-11H2,1-2H3,(H2,14,15,16);1H. The Balaban J connectivity index is 0.00000324. The first-order valence-corrected chi connectivity index (χ1v) is 6.97. The van der Waals surface area contributed by atoms with Crippen LogP contribution in [0.1, 0.15) is 33.1 Å². The van der Waals surface area contributed by atoms with Crippen LogP contribution in [0.3, 0.4) is 0 Å². The van der Waals surface area contributed by atoms with Crippen LogP contribution < -0.4 is 10.6 Å². The minimum absolute atomic E-state index is 0. The van der Waals surface area contributed by atoms with Gasteiger partial charge in [-0.1, -0.05) is 0 Å². The molecule has 0 amide bonds. The first-order valence-electron chi connectivity index (χ1n) is 6.97. The number of rotatable bonds is 9. The normalized spacial score (nSPS) is 16.7. The predicted molar refractivity (Wildman–Crippen MR) is 89.3 cm³/mol. The van der Waals surface area contributed by atoms with Gasteiger partial charge in [-0.25, -0.2) is 0 Å². The number of hydrogen-bond acceptors (Lipinski definition) is 3. The third-order valence-electron chi connectivity index (χ3n) is 3.17. The number of hydrogen-bond donors (Lipinski definition) is 3. The van der Waals surface area contributed by atoms with Crippen molar-refractivity contribution in [2.45, 2.75) is 33.1 Å². The van der Waals surface area contributed by atoms with Gasteiger partial charge in [-0.15, -0.1) is 24.0 Å². The maximum Gasteiger partial charge on any atom is 0.191 e. The van der Waals surface area contributed by atoms with Crippen molar-refractivity contribution in [1.29, 1.82) is 0 Å². The maximum absolute atomic E-state index is 9.25. The molecule has 3 N–H and O–H groups in total. The Kier molecular flexibility index (Phi) is 10.6. The molecule has 0 atom stereocenters. The van der Waals surface area contributed by atoms with Gasteiger partial charge >= 0.3 is 0 Å². The van der Waals surface area contributed by atoms with Gasteiger partial charge in [-0.3, -0.25) is 4.99 Å². The molecule has 5 nitrogen and oxygen atoms in total. The van der Waals surface area contributed by atoms with Crippen LogP contribution in [0, 0.1) is 5.41 Å². The van der Waals surface area contributed by atoms with E-state index in [1.165, 1.54) is 0 Å². The summed E-state index contributed by atoms with van der Waals surface area (Å²) >= 11 is 0. The van der Waals surface area contributed by atoms with Gasteiger partial charge in [0.2, 0.25) is 0 Å². The Morgan fingerprint density at radius 1 is 1.32 bits per heavy atom. The van der Waals surface area contributed by atoms with Crippen molar-refractivity contribution in [3.63, 3.8) is 0 Å². The molecule has 0 aromatic carbocycles. The molecule has 0 saturated heterocycles. The largest absolute Gasteiger partial charge is 0.396 e. The van der Waals surface area contributed by atoms with E-state index in [0.717, 1.165) is 51.5 Å². The van der Waals surface area contributed by atoms with E-state index in [-0.39, 0.29) is 36.0 Å². The molecular weight excluding hydrogens is 357 g/mol. The molecule has 1 aliphatic rings. The number of aliphatic hydroxyl groups excluding tert-OH is 1. The number of aliphatic imine (C=N–C) groups is 1. The molecule has 0 heterocycles. The second kappa shape index (κ2) is 10.7. The number of nitrogens with one attached hydrogen (secondary N) is 2. The Labute approximate surface area is 133 Å². The first-order chi connectivity index (χ1) is 8.76. The molecule has 0 aromatic heterocycles. The van der Waals surface area contributed by atoms with Crippen LogP contribution in [-0.4, -0.2) is 50.5 Å². The Hall–Kier alpha value is -0.0800. The lowest BCUT2D eigenvalue weighted by molar-refractivity contribution is 0.145. The van der Waals surface area contributed by atoms with Crippen LogP contribution in [0.5, 0.6) is 0 Å².